The molecule has 1 amide bonds. The molecule has 0 saturated heterocycles. The third-order valence-electron chi connectivity index (χ3n) is 3.18. The van der Waals surface area contributed by atoms with Crippen molar-refractivity contribution in [3.8, 4) is 5.75 Å². The van der Waals surface area contributed by atoms with Crippen LogP contribution in [0.5, 0.6) is 5.75 Å². The molecular weight excluding hydrogens is 292 g/mol. The Morgan fingerprint density at radius 1 is 1.22 bits per heavy atom. The molecule has 0 aromatic heterocycles. The minimum absolute atomic E-state index is 0.163. The van der Waals surface area contributed by atoms with E-state index in [1.54, 1.807) is 12.1 Å². The van der Waals surface area contributed by atoms with Gasteiger partial charge < -0.3 is 20.5 Å². The van der Waals surface area contributed by atoms with Gasteiger partial charge in [0.15, 0.2) is 0 Å². The minimum atomic E-state index is -0.489. The van der Waals surface area contributed by atoms with Crippen LogP contribution in [-0.2, 0) is 11.3 Å². The molecule has 5 nitrogen and oxygen atoms in total. The summed E-state index contributed by atoms with van der Waals surface area (Å²) in [6.45, 7) is 11.1. The Balaban J connectivity index is 2.48. The summed E-state index contributed by atoms with van der Waals surface area (Å²) in [5.41, 5.74) is 0.603. The number of carbonyl (C=O) groups excluding carboxylic acids is 1. The monoisotopic (exact) mass is 322 g/mol. The van der Waals surface area contributed by atoms with E-state index in [9.17, 15) is 9.90 Å². The number of ether oxygens (including phenoxy) is 1. The number of phenolic OH excluding ortho intramolecular Hbond substituents is 1. The van der Waals surface area contributed by atoms with Crippen LogP contribution in [0.25, 0.3) is 0 Å². The summed E-state index contributed by atoms with van der Waals surface area (Å²) in [6, 6.07) is 7.28. The van der Waals surface area contributed by atoms with Gasteiger partial charge in [-0.1, -0.05) is 26.0 Å². The van der Waals surface area contributed by atoms with Gasteiger partial charge in [-0.2, -0.15) is 0 Å². The molecule has 0 radical (unpaired) electrons. The molecule has 0 heterocycles. The molecule has 1 aromatic carbocycles. The first-order chi connectivity index (χ1) is 10.7. The maximum Gasteiger partial charge on any atom is 0.407 e. The van der Waals surface area contributed by atoms with Crippen molar-refractivity contribution in [2.45, 2.75) is 59.2 Å². The van der Waals surface area contributed by atoms with Crippen molar-refractivity contribution < 1.29 is 14.6 Å². The molecule has 3 N–H and O–H groups in total. The van der Waals surface area contributed by atoms with E-state index in [2.05, 4.69) is 24.5 Å². The Bertz CT molecular complexity index is 478. The van der Waals surface area contributed by atoms with E-state index in [-0.39, 0.29) is 11.8 Å². The highest BCUT2D eigenvalue weighted by molar-refractivity contribution is 5.67. The van der Waals surface area contributed by atoms with Crippen LogP contribution in [0.15, 0.2) is 24.3 Å². The molecule has 0 spiro atoms. The smallest absolute Gasteiger partial charge is 0.407 e. The van der Waals surface area contributed by atoms with Gasteiger partial charge in [0, 0.05) is 19.1 Å². The summed E-state index contributed by atoms with van der Waals surface area (Å²) in [5, 5.41) is 15.6. The first-order valence-electron chi connectivity index (χ1n) is 8.14. The van der Waals surface area contributed by atoms with Crippen molar-refractivity contribution in [2.75, 3.05) is 6.54 Å². The first kappa shape index (κ1) is 19.3. The zero-order valence-corrected chi connectivity index (χ0v) is 14.8. The fourth-order valence-electron chi connectivity index (χ4n) is 2.20. The van der Waals surface area contributed by atoms with E-state index >= 15 is 0 Å². The Morgan fingerprint density at radius 3 is 2.35 bits per heavy atom. The van der Waals surface area contributed by atoms with Crippen molar-refractivity contribution in [3.05, 3.63) is 29.8 Å². The topological polar surface area (TPSA) is 70.6 Å². The van der Waals surface area contributed by atoms with E-state index in [1.165, 1.54) is 0 Å². The maximum atomic E-state index is 11.8. The van der Waals surface area contributed by atoms with Crippen LogP contribution in [0.4, 0.5) is 4.79 Å². The third-order valence-corrected chi connectivity index (χ3v) is 3.18. The van der Waals surface area contributed by atoms with Crippen molar-refractivity contribution in [3.63, 3.8) is 0 Å². The number of rotatable bonds is 7. The summed E-state index contributed by atoms with van der Waals surface area (Å²) < 4.78 is 5.26. The maximum absolute atomic E-state index is 11.8. The summed E-state index contributed by atoms with van der Waals surface area (Å²) in [4.78, 5) is 11.8. The number of phenols is 1. The van der Waals surface area contributed by atoms with Crippen LogP contribution in [0.1, 0.15) is 46.6 Å². The second-order valence-corrected chi connectivity index (χ2v) is 7.26. The van der Waals surface area contributed by atoms with Crippen LogP contribution in [0.3, 0.4) is 0 Å². The van der Waals surface area contributed by atoms with Crippen molar-refractivity contribution in [1.29, 1.82) is 0 Å². The molecule has 0 aliphatic heterocycles. The molecule has 23 heavy (non-hydrogen) atoms. The van der Waals surface area contributed by atoms with Gasteiger partial charge in [0.05, 0.1) is 0 Å². The van der Waals surface area contributed by atoms with Crippen LogP contribution in [-0.4, -0.2) is 29.4 Å². The lowest BCUT2D eigenvalue weighted by Crippen LogP contribution is -2.43. The molecule has 0 saturated carbocycles. The highest BCUT2D eigenvalue weighted by atomic mass is 16.6. The number of nitrogens with one attached hydrogen (secondary N) is 2. The quantitative estimate of drug-likeness (QED) is 0.719. The van der Waals surface area contributed by atoms with E-state index < -0.39 is 11.7 Å². The second kappa shape index (κ2) is 8.77. The molecule has 5 heteroatoms. The normalized spacial score (nSPS) is 13.0. The second-order valence-electron chi connectivity index (χ2n) is 7.26. The van der Waals surface area contributed by atoms with Crippen molar-refractivity contribution >= 4 is 6.09 Å². The van der Waals surface area contributed by atoms with Crippen molar-refractivity contribution in [2.24, 2.45) is 5.92 Å². The van der Waals surface area contributed by atoms with Gasteiger partial charge in [-0.15, -0.1) is 0 Å². The number of hydrogen-bond acceptors (Lipinski definition) is 4. The predicted molar refractivity (Wildman–Crippen MR) is 92.4 cm³/mol. The highest BCUT2D eigenvalue weighted by Gasteiger charge is 2.18. The molecule has 0 aliphatic carbocycles. The number of benzene rings is 1. The third kappa shape index (κ3) is 9.08. The van der Waals surface area contributed by atoms with Gasteiger partial charge in [0.1, 0.15) is 11.4 Å². The number of aromatic hydroxyl groups is 1. The molecule has 0 fully saturated rings. The van der Waals surface area contributed by atoms with E-state index in [0.717, 1.165) is 12.0 Å². The van der Waals surface area contributed by atoms with Gasteiger partial charge in [-0.25, -0.2) is 4.79 Å². The Morgan fingerprint density at radius 2 is 1.83 bits per heavy atom. The molecule has 0 bridgehead atoms. The average Bonchev–Trinajstić information content (AvgIpc) is 2.41. The SMILES string of the molecule is CC(C)CC(CNC(=O)OC(C)(C)C)NCc1ccc(O)cc1. The average molecular weight is 322 g/mol. The predicted octanol–water partition coefficient (Wildman–Crippen LogP) is 3.42. The number of alkyl carbamates (subject to hydrolysis) is 1. The minimum Gasteiger partial charge on any atom is -0.508 e. The molecule has 1 unspecified atom stereocenters. The van der Waals surface area contributed by atoms with Gasteiger partial charge >= 0.3 is 6.09 Å². The van der Waals surface area contributed by atoms with Gasteiger partial charge in [0.25, 0.3) is 0 Å². The van der Waals surface area contributed by atoms with Crippen LogP contribution >= 0.6 is 0 Å². The van der Waals surface area contributed by atoms with E-state index in [1.807, 2.05) is 32.9 Å². The number of carbonyl (C=O) groups is 1. The number of hydrogen-bond donors (Lipinski definition) is 3. The molecular formula is C18H30N2O3. The van der Waals surface area contributed by atoms with Crippen LogP contribution < -0.4 is 10.6 Å². The van der Waals surface area contributed by atoms with Gasteiger partial charge in [-0.05, 0) is 50.8 Å². The largest absolute Gasteiger partial charge is 0.508 e. The Hall–Kier alpha value is -1.75. The van der Waals surface area contributed by atoms with Crippen LogP contribution in [0, 0.1) is 5.92 Å². The fraction of sp³-hybridized carbons (Fsp3) is 0.611. The molecule has 1 atom stereocenters. The first-order valence-corrected chi connectivity index (χ1v) is 8.14. The molecule has 130 valence electrons. The Kier molecular flexibility index (Phi) is 7.36. The lowest BCUT2D eigenvalue weighted by molar-refractivity contribution is 0.0520. The lowest BCUT2D eigenvalue weighted by atomic mass is 10.0. The van der Waals surface area contributed by atoms with Gasteiger partial charge in [0.2, 0.25) is 0 Å². The molecule has 0 aliphatic rings. The Labute approximate surface area is 139 Å². The van der Waals surface area contributed by atoms with E-state index in [4.69, 9.17) is 4.74 Å². The summed E-state index contributed by atoms with van der Waals surface area (Å²) in [5.74, 6) is 0.784. The molecule has 1 aromatic rings. The van der Waals surface area contributed by atoms with Crippen LogP contribution in [0.2, 0.25) is 0 Å². The van der Waals surface area contributed by atoms with E-state index in [0.29, 0.717) is 19.0 Å². The molecule has 1 rings (SSSR count). The summed E-state index contributed by atoms with van der Waals surface area (Å²) in [7, 11) is 0. The number of amides is 1. The van der Waals surface area contributed by atoms with Gasteiger partial charge in [-0.3, -0.25) is 0 Å². The fourth-order valence-corrected chi connectivity index (χ4v) is 2.20. The summed E-state index contributed by atoms with van der Waals surface area (Å²) >= 11 is 0. The highest BCUT2D eigenvalue weighted by Crippen LogP contribution is 2.11. The zero-order chi connectivity index (χ0) is 17.5. The standard InChI is InChI=1S/C18H30N2O3/c1-13(2)10-15(12-20-17(22)23-18(3,4)5)19-11-14-6-8-16(21)9-7-14/h6-9,13,15,19,21H,10-12H2,1-5H3,(H,20,22). The lowest BCUT2D eigenvalue weighted by Gasteiger charge is -2.24. The zero-order valence-electron chi connectivity index (χ0n) is 14.8. The summed E-state index contributed by atoms with van der Waals surface area (Å²) in [6.07, 6.45) is 0.561. The van der Waals surface area contributed by atoms with Crippen molar-refractivity contribution in [1.82, 2.24) is 10.6 Å².